The molecular weight excluding hydrogens is 242 g/mol. The molecule has 0 spiro atoms. The third-order valence-corrected chi connectivity index (χ3v) is 2.17. The molecule has 18 heavy (non-hydrogen) atoms. The van der Waals surface area contributed by atoms with Gasteiger partial charge in [0.25, 0.3) is 0 Å². The summed E-state index contributed by atoms with van der Waals surface area (Å²) in [6.07, 6.45) is 2.97. The first kappa shape index (κ1) is 14.2. The number of rotatable bonds is 8. The van der Waals surface area contributed by atoms with Gasteiger partial charge in [-0.25, -0.2) is 15.1 Å². The third-order valence-electron chi connectivity index (χ3n) is 2.17. The van der Waals surface area contributed by atoms with Crippen LogP contribution in [-0.4, -0.2) is 42.2 Å². The van der Waals surface area contributed by atoms with Crippen molar-refractivity contribution < 1.29 is 24.3 Å². The number of carboxylic acid groups (broad SMARTS) is 1. The Morgan fingerprint density at radius 2 is 2.00 bits per heavy atom. The number of carbonyl (C=O) groups excluding carboxylic acids is 2. The summed E-state index contributed by atoms with van der Waals surface area (Å²) in [4.78, 5) is 36.7. The minimum Gasteiger partial charge on any atom is -0.479 e. The average molecular weight is 259 g/mol. The Hall–Kier alpha value is -1.83. The summed E-state index contributed by atoms with van der Waals surface area (Å²) in [5.74, 6) is -1.19. The molecule has 0 aromatic heterocycles. The van der Waals surface area contributed by atoms with Crippen molar-refractivity contribution in [1.29, 1.82) is 0 Å². The van der Waals surface area contributed by atoms with E-state index >= 15 is 0 Å². The Bertz CT molecular complexity index is 317. The Morgan fingerprint density at radius 3 is 2.61 bits per heavy atom. The molecule has 1 fully saturated rings. The second-order valence-corrected chi connectivity index (χ2v) is 3.99. The molecule has 0 aromatic rings. The van der Waals surface area contributed by atoms with Crippen molar-refractivity contribution in [3.05, 3.63) is 0 Å². The molecule has 4 N–H and O–H groups in total. The van der Waals surface area contributed by atoms with E-state index < -0.39 is 18.6 Å². The van der Waals surface area contributed by atoms with E-state index in [9.17, 15) is 14.4 Å². The predicted octanol–water partition coefficient (Wildman–Crippen LogP) is -0.639. The zero-order chi connectivity index (χ0) is 13.4. The standard InChI is InChI=1S/C10H17N3O5/c14-8(12-7-3-4-7)2-1-5-11-10(17)13-18-6-9(15)16/h7H,1-6H2,(H,12,14)(H,15,16)(H2,11,13,17). The lowest BCUT2D eigenvalue weighted by molar-refractivity contribution is -0.144. The van der Waals surface area contributed by atoms with E-state index in [0.717, 1.165) is 12.8 Å². The van der Waals surface area contributed by atoms with Crippen molar-refractivity contribution in [2.75, 3.05) is 13.2 Å². The van der Waals surface area contributed by atoms with Crippen molar-refractivity contribution in [3.8, 4) is 0 Å². The number of urea groups is 1. The highest BCUT2D eigenvalue weighted by Gasteiger charge is 2.22. The predicted molar refractivity (Wildman–Crippen MR) is 60.5 cm³/mol. The van der Waals surface area contributed by atoms with Crippen LogP contribution in [0.15, 0.2) is 0 Å². The normalized spacial score (nSPS) is 13.8. The van der Waals surface area contributed by atoms with Crippen molar-refractivity contribution >= 4 is 17.9 Å². The van der Waals surface area contributed by atoms with Gasteiger partial charge in [0.15, 0.2) is 6.61 Å². The van der Waals surface area contributed by atoms with Gasteiger partial charge in [-0.3, -0.25) is 9.63 Å². The van der Waals surface area contributed by atoms with E-state index in [4.69, 9.17) is 5.11 Å². The Balaban J connectivity index is 1.91. The highest BCUT2D eigenvalue weighted by atomic mass is 16.7. The third kappa shape index (κ3) is 7.44. The SMILES string of the molecule is O=C(O)CONC(=O)NCCCC(=O)NC1CC1. The lowest BCUT2D eigenvalue weighted by atomic mass is 10.3. The van der Waals surface area contributed by atoms with Crippen molar-refractivity contribution in [2.45, 2.75) is 31.7 Å². The first-order valence-corrected chi connectivity index (χ1v) is 5.74. The molecule has 0 saturated heterocycles. The van der Waals surface area contributed by atoms with E-state index in [1.165, 1.54) is 0 Å². The molecule has 1 aliphatic carbocycles. The van der Waals surface area contributed by atoms with Crippen LogP contribution in [0.3, 0.4) is 0 Å². The topological polar surface area (TPSA) is 117 Å². The minimum atomic E-state index is -1.17. The van der Waals surface area contributed by atoms with Crippen LogP contribution in [0.5, 0.6) is 0 Å². The number of nitrogens with one attached hydrogen (secondary N) is 3. The first-order valence-electron chi connectivity index (χ1n) is 5.74. The van der Waals surface area contributed by atoms with Crippen LogP contribution in [0.4, 0.5) is 4.79 Å². The summed E-state index contributed by atoms with van der Waals surface area (Å²) in [6, 6.07) is -0.281. The van der Waals surface area contributed by atoms with E-state index in [2.05, 4.69) is 15.5 Å². The van der Waals surface area contributed by atoms with Gasteiger partial charge in [0, 0.05) is 19.0 Å². The molecule has 0 unspecified atom stereocenters. The largest absolute Gasteiger partial charge is 0.479 e. The first-order chi connectivity index (χ1) is 8.58. The lowest BCUT2D eigenvalue weighted by Gasteiger charge is -2.06. The smallest absolute Gasteiger partial charge is 0.338 e. The zero-order valence-corrected chi connectivity index (χ0v) is 9.90. The molecule has 8 nitrogen and oxygen atoms in total. The fraction of sp³-hybridized carbons (Fsp3) is 0.700. The summed E-state index contributed by atoms with van der Waals surface area (Å²) in [5, 5.41) is 13.5. The summed E-state index contributed by atoms with van der Waals surface area (Å²) in [5.41, 5.74) is 1.91. The van der Waals surface area contributed by atoms with Crippen LogP contribution in [0.1, 0.15) is 25.7 Å². The number of hydroxylamine groups is 1. The Kier molecular flexibility index (Phi) is 5.92. The number of aliphatic carboxylic acids is 1. The van der Waals surface area contributed by atoms with Crippen LogP contribution in [0.25, 0.3) is 0 Å². The van der Waals surface area contributed by atoms with Gasteiger partial charge in [-0.15, -0.1) is 0 Å². The van der Waals surface area contributed by atoms with Gasteiger partial charge in [-0.05, 0) is 19.3 Å². The summed E-state index contributed by atoms with van der Waals surface area (Å²) in [7, 11) is 0. The van der Waals surface area contributed by atoms with E-state index in [-0.39, 0.29) is 5.91 Å². The molecule has 0 heterocycles. The fourth-order valence-electron chi connectivity index (χ4n) is 1.18. The number of hydrogen-bond acceptors (Lipinski definition) is 4. The molecule has 102 valence electrons. The molecule has 1 saturated carbocycles. The molecule has 0 radical (unpaired) electrons. The van der Waals surface area contributed by atoms with Gasteiger partial charge in [-0.2, -0.15) is 0 Å². The molecule has 0 atom stereocenters. The molecule has 8 heteroatoms. The highest BCUT2D eigenvalue weighted by Crippen LogP contribution is 2.18. The van der Waals surface area contributed by atoms with Crippen LogP contribution < -0.4 is 16.1 Å². The van der Waals surface area contributed by atoms with Crippen LogP contribution in [0.2, 0.25) is 0 Å². The summed E-state index contributed by atoms with van der Waals surface area (Å²) < 4.78 is 0. The second kappa shape index (κ2) is 7.49. The van der Waals surface area contributed by atoms with Gasteiger partial charge >= 0.3 is 12.0 Å². The van der Waals surface area contributed by atoms with Gasteiger partial charge < -0.3 is 15.7 Å². The van der Waals surface area contributed by atoms with Crippen LogP contribution in [-0.2, 0) is 14.4 Å². The maximum Gasteiger partial charge on any atom is 0.338 e. The van der Waals surface area contributed by atoms with Crippen molar-refractivity contribution in [2.24, 2.45) is 0 Å². The highest BCUT2D eigenvalue weighted by molar-refractivity contribution is 5.76. The van der Waals surface area contributed by atoms with E-state index in [1.54, 1.807) is 0 Å². The van der Waals surface area contributed by atoms with Crippen molar-refractivity contribution in [1.82, 2.24) is 16.1 Å². The monoisotopic (exact) mass is 259 g/mol. The molecule has 1 aliphatic rings. The number of carbonyl (C=O) groups is 3. The maximum atomic E-state index is 11.3. The molecular formula is C10H17N3O5. The number of carboxylic acids is 1. The van der Waals surface area contributed by atoms with Gasteiger partial charge in [0.2, 0.25) is 5.91 Å². The Morgan fingerprint density at radius 1 is 1.28 bits per heavy atom. The van der Waals surface area contributed by atoms with E-state index in [1.807, 2.05) is 5.48 Å². The molecule has 0 bridgehead atoms. The van der Waals surface area contributed by atoms with Crippen LogP contribution >= 0.6 is 0 Å². The van der Waals surface area contributed by atoms with Crippen LogP contribution in [0, 0.1) is 0 Å². The van der Waals surface area contributed by atoms with Gasteiger partial charge in [0.1, 0.15) is 0 Å². The maximum absolute atomic E-state index is 11.3. The molecule has 1 rings (SSSR count). The fourth-order valence-corrected chi connectivity index (χ4v) is 1.18. The van der Waals surface area contributed by atoms with Crippen molar-refractivity contribution in [3.63, 3.8) is 0 Å². The van der Waals surface area contributed by atoms with Gasteiger partial charge in [0.05, 0.1) is 0 Å². The average Bonchev–Trinajstić information content (AvgIpc) is 3.08. The quantitative estimate of drug-likeness (QED) is 0.342. The number of amides is 3. The van der Waals surface area contributed by atoms with E-state index in [0.29, 0.717) is 25.4 Å². The minimum absolute atomic E-state index is 0.0122. The second-order valence-electron chi connectivity index (χ2n) is 3.99. The van der Waals surface area contributed by atoms with Gasteiger partial charge in [-0.1, -0.05) is 0 Å². The lowest BCUT2D eigenvalue weighted by Crippen LogP contribution is -2.37. The number of hydrogen-bond donors (Lipinski definition) is 4. The molecule has 0 aromatic carbocycles. The molecule has 0 aliphatic heterocycles. The summed E-state index contributed by atoms with van der Waals surface area (Å²) >= 11 is 0. The summed E-state index contributed by atoms with van der Waals surface area (Å²) in [6.45, 7) is -0.280. The zero-order valence-electron chi connectivity index (χ0n) is 9.90. The molecule has 3 amide bonds. The Labute approximate surface area is 104 Å².